The van der Waals surface area contributed by atoms with Gasteiger partial charge in [0.25, 0.3) is 5.91 Å². The zero-order chi connectivity index (χ0) is 21.4. The molecule has 0 bridgehead atoms. The summed E-state index contributed by atoms with van der Waals surface area (Å²) in [5, 5.41) is 7.64. The van der Waals surface area contributed by atoms with Gasteiger partial charge in [-0.05, 0) is 69.6 Å². The van der Waals surface area contributed by atoms with Crippen LogP contribution < -0.4 is 10.2 Å². The third kappa shape index (κ3) is 3.83. The Bertz CT molecular complexity index is 1070. The molecule has 160 valence electrons. The van der Waals surface area contributed by atoms with Gasteiger partial charge in [0.15, 0.2) is 0 Å². The van der Waals surface area contributed by atoms with Crippen LogP contribution in [-0.4, -0.2) is 52.8 Å². The Kier molecular flexibility index (Phi) is 5.24. The first-order chi connectivity index (χ1) is 15.1. The van der Waals surface area contributed by atoms with Crippen LogP contribution in [0.1, 0.15) is 34.6 Å². The number of nitrogens with zero attached hydrogens (tertiary/aromatic N) is 4. The number of benzene rings is 2. The number of hydrogen-bond donors (Lipinski definition) is 1. The van der Waals surface area contributed by atoms with Crippen molar-refractivity contribution < 1.29 is 4.79 Å². The minimum atomic E-state index is -0.121. The van der Waals surface area contributed by atoms with E-state index in [9.17, 15) is 4.79 Å². The molecule has 1 atom stereocenters. The molecule has 31 heavy (non-hydrogen) atoms. The highest BCUT2D eigenvalue weighted by Gasteiger charge is 2.30. The molecule has 0 aliphatic carbocycles. The first-order valence-electron chi connectivity index (χ1n) is 11.1. The molecule has 0 saturated carbocycles. The number of carbonyl (C=O) groups excluding carboxylic acids is 1. The van der Waals surface area contributed by atoms with Crippen molar-refractivity contribution in [1.29, 1.82) is 0 Å². The molecule has 1 aromatic heterocycles. The maximum Gasteiger partial charge on any atom is 0.259 e. The largest absolute Gasteiger partial charge is 0.369 e. The van der Waals surface area contributed by atoms with Gasteiger partial charge in [0.1, 0.15) is 0 Å². The van der Waals surface area contributed by atoms with Gasteiger partial charge >= 0.3 is 0 Å². The topological polar surface area (TPSA) is 53.4 Å². The molecule has 0 spiro atoms. The number of hydrogen-bond acceptors (Lipinski definition) is 4. The molecule has 3 aromatic rings. The van der Waals surface area contributed by atoms with E-state index in [4.69, 9.17) is 0 Å². The van der Waals surface area contributed by atoms with E-state index in [1.54, 1.807) is 0 Å². The van der Waals surface area contributed by atoms with Crippen molar-refractivity contribution >= 4 is 17.3 Å². The smallest absolute Gasteiger partial charge is 0.259 e. The van der Waals surface area contributed by atoms with Gasteiger partial charge in [0.2, 0.25) is 0 Å². The highest BCUT2D eigenvalue weighted by molar-refractivity contribution is 6.06. The van der Waals surface area contributed by atoms with Crippen LogP contribution >= 0.6 is 0 Å². The van der Waals surface area contributed by atoms with Gasteiger partial charge in [-0.3, -0.25) is 9.69 Å². The highest BCUT2D eigenvalue weighted by atomic mass is 16.1. The van der Waals surface area contributed by atoms with Crippen molar-refractivity contribution in [3.8, 4) is 5.69 Å². The SMILES string of the molecule is Cc1nn(-c2ccccc2)c(C)c1C(=O)Nc1ccc(N2CCN3CCC[C@@H]3C2)cc1. The van der Waals surface area contributed by atoms with Crippen molar-refractivity contribution in [3.05, 3.63) is 71.5 Å². The fraction of sp³-hybridized carbons (Fsp3) is 0.360. The van der Waals surface area contributed by atoms with E-state index < -0.39 is 0 Å². The van der Waals surface area contributed by atoms with Gasteiger partial charge in [-0.15, -0.1) is 0 Å². The maximum absolute atomic E-state index is 13.0. The second kappa shape index (κ2) is 8.19. The molecule has 5 rings (SSSR count). The van der Waals surface area contributed by atoms with Crippen LogP contribution in [0.25, 0.3) is 5.69 Å². The van der Waals surface area contributed by atoms with Crippen molar-refractivity contribution in [2.45, 2.75) is 32.7 Å². The summed E-state index contributed by atoms with van der Waals surface area (Å²) >= 11 is 0. The van der Waals surface area contributed by atoms with Crippen LogP contribution in [0.5, 0.6) is 0 Å². The van der Waals surface area contributed by atoms with Gasteiger partial charge in [-0.1, -0.05) is 18.2 Å². The van der Waals surface area contributed by atoms with Gasteiger partial charge in [0.05, 0.1) is 22.6 Å². The Labute approximate surface area is 183 Å². The summed E-state index contributed by atoms with van der Waals surface area (Å²) in [7, 11) is 0. The van der Waals surface area contributed by atoms with Crippen molar-refractivity contribution in [1.82, 2.24) is 14.7 Å². The molecule has 0 unspecified atom stereocenters. The number of rotatable bonds is 4. The number of aromatic nitrogens is 2. The second-order valence-corrected chi connectivity index (χ2v) is 8.57. The fourth-order valence-electron chi connectivity index (χ4n) is 4.97. The summed E-state index contributed by atoms with van der Waals surface area (Å²) < 4.78 is 1.83. The molecule has 0 radical (unpaired) electrons. The summed E-state index contributed by atoms with van der Waals surface area (Å²) in [6.45, 7) is 8.39. The lowest BCUT2D eigenvalue weighted by Crippen LogP contribution is -2.50. The molecule has 3 heterocycles. The lowest BCUT2D eigenvalue weighted by Gasteiger charge is -2.38. The molecular formula is C25H29N5O. The molecule has 6 heteroatoms. The van der Waals surface area contributed by atoms with E-state index in [0.717, 1.165) is 42.4 Å². The van der Waals surface area contributed by atoms with Crippen molar-refractivity contribution in [2.24, 2.45) is 0 Å². The van der Waals surface area contributed by atoms with Crippen LogP contribution in [0.4, 0.5) is 11.4 Å². The van der Waals surface area contributed by atoms with E-state index >= 15 is 0 Å². The van der Waals surface area contributed by atoms with Gasteiger partial charge < -0.3 is 10.2 Å². The molecule has 2 aromatic carbocycles. The first kappa shape index (κ1) is 19.8. The molecule has 6 nitrogen and oxygen atoms in total. The highest BCUT2D eigenvalue weighted by Crippen LogP contribution is 2.27. The van der Waals surface area contributed by atoms with Crippen molar-refractivity contribution in [3.63, 3.8) is 0 Å². The lowest BCUT2D eigenvalue weighted by atomic mass is 10.1. The fourth-order valence-corrected chi connectivity index (χ4v) is 4.97. The number of carbonyl (C=O) groups is 1. The summed E-state index contributed by atoms with van der Waals surface area (Å²) in [4.78, 5) is 18.1. The number of anilines is 2. The molecule has 2 aliphatic rings. The van der Waals surface area contributed by atoms with Crippen LogP contribution in [0, 0.1) is 13.8 Å². The second-order valence-electron chi connectivity index (χ2n) is 8.57. The van der Waals surface area contributed by atoms with Crippen LogP contribution in [0.2, 0.25) is 0 Å². The molecule has 2 saturated heterocycles. The van der Waals surface area contributed by atoms with Crippen LogP contribution in [0.3, 0.4) is 0 Å². The third-order valence-corrected chi connectivity index (χ3v) is 6.60. The Balaban J connectivity index is 1.29. The van der Waals surface area contributed by atoms with Crippen LogP contribution in [0.15, 0.2) is 54.6 Å². The number of fused-ring (bicyclic) bond motifs is 1. The van der Waals surface area contributed by atoms with Gasteiger partial charge in [-0.25, -0.2) is 4.68 Å². The number of amides is 1. The number of aryl methyl sites for hydroxylation is 1. The predicted octanol–water partition coefficient (Wildman–Crippen LogP) is 4.03. The molecule has 1 N–H and O–H groups in total. The molecule has 2 aliphatic heterocycles. The van der Waals surface area contributed by atoms with Gasteiger partial charge in [0, 0.05) is 37.1 Å². The average Bonchev–Trinajstić information content (AvgIpc) is 3.38. The average molecular weight is 416 g/mol. The van der Waals surface area contributed by atoms with E-state index in [1.807, 2.05) is 61.0 Å². The Hall–Kier alpha value is -3.12. The van der Waals surface area contributed by atoms with Gasteiger partial charge in [-0.2, -0.15) is 5.10 Å². The summed E-state index contributed by atoms with van der Waals surface area (Å²) in [6, 6.07) is 18.8. The minimum Gasteiger partial charge on any atom is -0.369 e. The van der Waals surface area contributed by atoms with Crippen molar-refractivity contribution in [2.75, 3.05) is 36.4 Å². The lowest BCUT2D eigenvalue weighted by molar-refractivity contribution is 0.102. The van der Waals surface area contributed by atoms with Crippen LogP contribution in [-0.2, 0) is 0 Å². The quantitative estimate of drug-likeness (QED) is 0.699. The number of piperazine rings is 1. The molecule has 1 amide bonds. The first-order valence-corrected chi connectivity index (χ1v) is 11.1. The Morgan fingerprint density at radius 3 is 2.52 bits per heavy atom. The predicted molar refractivity (Wildman–Crippen MR) is 124 cm³/mol. The van der Waals surface area contributed by atoms with E-state index in [-0.39, 0.29) is 5.91 Å². The summed E-state index contributed by atoms with van der Waals surface area (Å²) in [5.41, 5.74) is 5.18. The summed E-state index contributed by atoms with van der Waals surface area (Å²) in [6.07, 6.45) is 2.63. The Morgan fingerprint density at radius 1 is 0.968 bits per heavy atom. The van der Waals surface area contributed by atoms with E-state index in [2.05, 4.69) is 32.3 Å². The normalized spacial score (nSPS) is 18.8. The minimum absolute atomic E-state index is 0.121. The van der Waals surface area contributed by atoms with E-state index in [1.165, 1.54) is 25.1 Å². The summed E-state index contributed by atoms with van der Waals surface area (Å²) in [5.74, 6) is -0.121. The monoisotopic (exact) mass is 415 g/mol. The molecular weight excluding hydrogens is 386 g/mol. The number of para-hydroxylation sites is 1. The number of nitrogens with one attached hydrogen (secondary N) is 1. The third-order valence-electron chi connectivity index (χ3n) is 6.60. The molecule has 2 fully saturated rings. The zero-order valence-electron chi connectivity index (χ0n) is 18.2. The van der Waals surface area contributed by atoms with E-state index in [0.29, 0.717) is 11.6 Å². The standard InChI is InChI=1S/C25H29N5O/c1-18-24(19(2)30(27-18)22-7-4-3-5-8-22)25(31)26-20-10-12-21(13-11-20)29-16-15-28-14-6-9-23(28)17-29/h3-5,7-8,10-13,23H,6,9,14-17H2,1-2H3,(H,26,31)/t23-/m1/s1. The zero-order valence-corrected chi connectivity index (χ0v) is 18.2. The Morgan fingerprint density at radius 2 is 1.74 bits per heavy atom. The maximum atomic E-state index is 13.0.